The molecule has 0 unspecified atom stereocenters. The lowest BCUT2D eigenvalue weighted by Gasteiger charge is -2.13. The molecule has 224 valence electrons. The Morgan fingerprint density at radius 2 is 1.88 bits per heavy atom. The molecule has 0 atom stereocenters. The number of aryl methyl sites for hydroxylation is 2. The molecular weight excluding hydrogens is 587 g/mol. The molecule has 0 bridgehead atoms. The molecule has 2 N–H and O–H groups in total. The number of thiophene rings is 1. The molecule has 1 aliphatic carbocycles. The van der Waals surface area contributed by atoms with Crippen LogP contribution in [0.5, 0.6) is 5.75 Å². The summed E-state index contributed by atoms with van der Waals surface area (Å²) >= 11 is 2.68. The first-order valence-electron chi connectivity index (χ1n) is 14.1. The average Bonchev–Trinajstić information content (AvgIpc) is 3.59. The predicted molar refractivity (Wildman–Crippen MR) is 167 cm³/mol. The molecule has 0 aliphatic heterocycles. The van der Waals surface area contributed by atoms with Crippen LogP contribution in [0, 0.1) is 6.92 Å². The minimum Gasteiger partial charge on any atom is -0.496 e. The summed E-state index contributed by atoms with van der Waals surface area (Å²) in [5.41, 5.74) is 3.74. The Bertz CT molecular complexity index is 1650. The van der Waals surface area contributed by atoms with E-state index in [0.717, 1.165) is 47.4 Å². The minimum absolute atomic E-state index is 0.0440. The van der Waals surface area contributed by atoms with Crippen LogP contribution >= 0.6 is 23.1 Å². The van der Waals surface area contributed by atoms with Crippen LogP contribution < -0.4 is 15.4 Å². The second-order valence-electron chi connectivity index (χ2n) is 9.93. The highest BCUT2D eigenvalue weighted by Gasteiger charge is 2.27. The number of benzene rings is 2. The second-order valence-corrected chi connectivity index (χ2v) is 12.0. The van der Waals surface area contributed by atoms with E-state index in [2.05, 4.69) is 20.8 Å². The van der Waals surface area contributed by atoms with Gasteiger partial charge in [0.1, 0.15) is 10.8 Å². The number of hydrogen-bond acceptors (Lipinski definition) is 9. The largest absolute Gasteiger partial charge is 0.496 e. The van der Waals surface area contributed by atoms with Crippen LogP contribution in [-0.4, -0.2) is 52.0 Å². The molecule has 0 fully saturated rings. The molecule has 43 heavy (non-hydrogen) atoms. The molecule has 2 aromatic heterocycles. The van der Waals surface area contributed by atoms with Crippen molar-refractivity contribution in [2.75, 3.05) is 24.8 Å². The zero-order valence-electron chi connectivity index (χ0n) is 24.3. The standard InChI is InChI=1S/C31H33N5O5S2/c1-4-41-30(39)27-22-13-6-8-15-24(22)43-29(27)33-26(37)18-42-31-35-34-25(36(31)20-11-9-10-19(2)16-20)17-32-28(38)21-12-5-7-14-23(21)40-3/h5,7,9-12,14,16H,4,6,8,13,15,17-18H2,1-3H3,(H,32,38)(H,33,37). The average molecular weight is 620 g/mol. The number of methoxy groups -OCH3 is 1. The quantitative estimate of drug-likeness (QED) is 0.170. The number of nitrogens with one attached hydrogen (secondary N) is 2. The van der Waals surface area contributed by atoms with Gasteiger partial charge in [-0.1, -0.05) is 36.0 Å². The number of fused-ring (bicyclic) bond motifs is 1. The van der Waals surface area contributed by atoms with E-state index in [9.17, 15) is 14.4 Å². The maximum Gasteiger partial charge on any atom is 0.341 e. The Balaban J connectivity index is 1.34. The number of rotatable bonds is 11. The first kappa shape index (κ1) is 30.3. The van der Waals surface area contributed by atoms with Crippen molar-refractivity contribution in [1.29, 1.82) is 0 Å². The lowest BCUT2D eigenvalue weighted by atomic mass is 9.95. The topological polar surface area (TPSA) is 124 Å². The van der Waals surface area contributed by atoms with E-state index in [1.54, 1.807) is 31.2 Å². The van der Waals surface area contributed by atoms with Crippen LogP contribution in [0.3, 0.4) is 0 Å². The molecule has 2 aromatic carbocycles. The normalized spacial score (nSPS) is 12.3. The fraction of sp³-hybridized carbons (Fsp3) is 0.323. The monoisotopic (exact) mass is 619 g/mol. The van der Waals surface area contributed by atoms with Gasteiger partial charge in [0.15, 0.2) is 11.0 Å². The third-order valence-corrected chi connectivity index (χ3v) is 9.09. The van der Waals surface area contributed by atoms with Crippen molar-refractivity contribution in [1.82, 2.24) is 20.1 Å². The SMILES string of the molecule is CCOC(=O)c1c(NC(=O)CSc2nnc(CNC(=O)c3ccccc3OC)n2-c2cccc(C)c2)sc2c1CCCC2. The molecule has 10 nitrogen and oxygen atoms in total. The maximum atomic E-state index is 13.2. The molecule has 0 saturated heterocycles. The number of hydrogen-bond donors (Lipinski definition) is 2. The van der Waals surface area contributed by atoms with Gasteiger partial charge in [-0.25, -0.2) is 4.79 Å². The fourth-order valence-electron chi connectivity index (χ4n) is 4.99. The molecule has 2 heterocycles. The van der Waals surface area contributed by atoms with Crippen molar-refractivity contribution >= 4 is 45.9 Å². The van der Waals surface area contributed by atoms with Crippen molar-refractivity contribution in [2.45, 2.75) is 51.2 Å². The van der Waals surface area contributed by atoms with Gasteiger partial charge in [-0.05, 0) is 74.9 Å². The van der Waals surface area contributed by atoms with E-state index < -0.39 is 5.97 Å². The van der Waals surface area contributed by atoms with E-state index in [0.29, 0.717) is 32.9 Å². The summed E-state index contributed by atoms with van der Waals surface area (Å²) in [7, 11) is 1.52. The van der Waals surface area contributed by atoms with Gasteiger partial charge in [0.25, 0.3) is 5.91 Å². The molecule has 5 rings (SSSR count). The Hall–Kier alpha value is -4.16. The predicted octanol–water partition coefficient (Wildman–Crippen LogP) is 5.36. The fourth-order valence-corrected chi connectivity index (χ4v) is 7.05. The molecule has 0 spiro atoms. The molecule has 4 aromatic rings. The zero-order chi connectivity index (χ0) is 30.3. The van der Waals surface area contributed by atoms with Gasteiger partial charge < -0.3 is 20.1 Å². The number of carbonyl (C=O) groups excluding carboxylic acids is 3. The van der Waals surface area contributed by atoms with Gasteiger partial charge in [-0.15, -0.1) is 21.5 Å². The Morgan fingerprint density at radius 3 is 2.67 bits per heavy atom. The van der Waals surface area contributed by atoms with E-state index in [4.69, 9.17) is 9.47 Å². The van der Waals surface area contributed by atoms with Gasteiger partial charge in [0.05, 0.1) is 37.1 Å². The van der Waals surface area contributed by atoms with E-state index in [1.165, 1.54) is 30.2 Å². The summed E-state index contributed by atoms with van der Waals surface area (Å²) in [5, 5.41) is 15.6. The number of anilines is 1. The van der Waals surface area contributed by atoms with Crippen molar-refractivity contribution in [3.63, 3.8) is 0 Å². The highest BCUT2D eigenvalue weighted by Crippen LogP contribution is 2.39. The van der Waals surface area contributed by atoms with Crippen LogP contribution in [-0.2, 0) is 28.9 Å². The smallest absolute Gasteiger partial charge is 0.341 e. The van der Waals surface area contributed by atoms with Gasteiger partial charge >= 0.3 is 5.97 Å². The summed E-state index contributed by atoms with van der Waals surface area (Å²) in [4.78, 5) is 40.0. The van der Waals surface area contributed by atoms with Crippen LogP contribution in [0.1, 0.15) is 62.3 Å². The number of nitrogens with zero attached hydrogens (tertiary/aromatic N) is 3. The maximum absolute atomic E-state index is 13.2. The first-order valence-corrected chi connectivity index (χ1v) is 15.9. The number of carbonyl (C=O) groups is 3. The number of esters is 1. The number of aromatic nitrogens is 3. The van der Waals surface area contributed by atoms with Crippen molar-refractivity contribution in [3.8, 4) is 11.4 Å². The second kappa shape index (κ2) is 13.9. The van der Waals surface area contributed by atoms with Crippen LogP contribution in [0.25, 0.3) is 5.69 Å². The summed E-state index contributed by atoms with van der Waals surface area (Å²) in [6, 6.07) is 14.8. The molecule has 1 aliphatic rings. The number of ether oxygens (including phenoxy) is 2. The van der Waals surface area contributed by atoms with E-state index in [1.807, 2.05) is 35.8 Å². The zero-order valence-corrected chi connectivity index (χ0v) is 25.9. The number of para-hydroxylation sites is 1. The van der Waals surface area contributed by atoms with Gasteiger partial charge in [0.2, 0.25) is 5.91 Å². The lowest BCUT2D eigenvalue weighted by molar-refractivity contribution is -0.113. The van der Waals surface area contributed by atoms with Crippen LogP contribution in [0.15, 0.2) is 53.7 Å². The third kappa shape index (κ3) is 6.91. The highest BCUT2D eigenvalue weighted by atomic mass is 32.2. The Morgan fingerprint density at radius 1 is 1.07 bits per heavy atom. The summed E-state index contributed by atoms with van der Waals surface area (Å²) in [6.45, 7) is 4.13. The number of thioether (sulfide) groups is 1. The van der Waals surface area contributed by atoms with Crippen molar-refractivity contribution in [2.24, 2.45) is 0 Å². The van der Waals surface area contributed by atoms with E-state index in [-0.39, 0.29) is 30.7 Å². The molecule has 12 heteroatoms. The van der Waals surface area contributed by atoms with Crippen LogP contribution in [0.2, 0.25) is 0 Å². The summed E-state index contributed by atoms with van der Waals surface area (Å²) in [5.74, 6) is 0.0543. The highest BCUT2D eigenvalue weighted by molar-refractivity contribution is 7.99. The molecule has 0 saturated carbocycles. The lowest BCUT2D eigenvalue weighted by Crippen LogP contribution is -2.25. The molecule has 0 radical (unpaired) electrons. The van der Waals surface area contributed by atoms with Crippen LogP contribution in [0.4, 0.5) is 5.00 Å². The Kier molecular flexibility index (Phi) is 9.78. The molecular formula is C31H33N5O5S2. The minimum atomic E-state index is -0.399. The first-order chi connectivity index (χ1) is 20.9. The number of amides is 2. The van der Waals surface area contributed by atoms with Gasteiger partial charge in [-0.3, -0.25) is 14.2 Å². The van der Waals surface area contributed by atoms with Crippen molar-refractivity contribution < 1.29 is 23.9 Å². The summed E-state index contributed by atoms with van der Waals surface area (Å²) in [6.07, 6.45) is 3.78. The van der Waals surface area contributed by atoms with Gasteiger partial charge in [-0.2, -0.15) is 0 Å². The molecule has 2 amide bonds. The Labute approximate surface area is 258 Å². The summed E-state index contributed by atoms with van der Waals surface area (Å²) < 4.78 is 12.5. The van der Waals surface area contributed by atoms with Gasteiger partial charge in [0, 0.05) is 10.6 Å². The van der Waals surface area contributed by atoms with Crippen molar-refractivity contribution in [3.05, 3.63) is 81.5 Å². The third-order valence-electron chi connectivity index (χ3n) is 6.96. The van der Waals surface area contributed by atoms with E-state index >= 15 is 0 Å².